The first kappa shape index (κ1) is 17.2. The van der Waals surface area contributed by atoms with Gasteiger partial charge in [-0.1, -0.05) is 0 Å². The Labute approximate surface area is 165 Å². The molecule has 1 aromatic carbocycles. The molecule has 0 fully saturated rings. The number of fused-ring (bicyclic) bond motifs is 2. The van der Waals surface area contributed by atoms with E-state index < -0.39 is 0 Å². The molecule has 0 spiro atoms. The van der Waals surface area contributed by atoms with E-state index in [1.54, 1.807) is 41.6 Å². The fourth-order valence-corrected chi connectivity index (χ4v) is 3.43. The maximum absolute atomic E-state index is 13.4. The molecule has 0 unspecified atom stereocenters. The summed E-state index contributed by atoms with van der Waals surface area (Å²) < 4.78 is 13.9. The minimum atomic E-state index is -0.174. The van der Waals surface area contributed by atoms with E-state index in [1.807, 2.05) is 36.4 Å². The molecular formula is C21H17N5O3. The summed E-state index contributed by atoms with van der Waals surface area (Å²) in [6, 6.07) is 12.9. The second kappa shape index (κ2) is 6.59. The van der Waals surface area contributed by atoms with Crippen molar-refractivity contribution in [2.45, 2.75) is 13.5 Å². The largest absolute Gasteiger partial charge is 0.497 e. The van der Waals surface area contributed by atoms with E-state index in [0.29, 0.717) is 40.5 Å². The minimum Gasteiger partial charge on any atom is -0.497 e. The quantitative estimate of drug-likeness (QED) is 0.471. The van der Waals surface area contributed by atoms with Crippen LogP contribution in [-0.4, -0.2) is 31.3 Å². The van der Waals surface area contributed by atoms with Crippen LogP contribution in [0.15, 0.2) is 64.1 Å². The second-order valence-corrected chi connectivity index (χ2v) is 6.65. The average Bonchev–Trinajstić information content (AvgIpc) is 3.37. The van der Waals surface area contributed by atoms with Crippen molar-refractivity contribution in [2.75, 3.05) is 7.11 Å². The Morgan fingerprint density at radius 3 is 2.66 bits per heavy atom. The van der Waals surface area contributed by atoms with Crippen molar-refractivity contribution in [1.82, 2.24) is 24.1 Å². The first-order valence-corrected chi connectivity index (χ1v) is 9.07. The number of nitrogens with zero attached hydrogens (tertiary/aromatic N) is 5. The molecule has 0 radical (unpaired) electrons. The third-order valence-electron chi connectivity index (χ3n) is 4.78. The molecule has 144 valence electrons. The van der Waals surface area contributed by atoms with Crippen LogP contribution < -0.4 is 10.3 Å². The van der Waals surface area contributed by atoms with Crippen molar-refractivity contribution in [3.8, 4) is 17.0 Å². The van der Waals surface area contributed by atoms with Crippen LogP contribution >= 0.6 is 0 Å². The van der Waals surface area contributed by atoms with Gasteiger partial charge in [0.2, 0.25) is 0 Å². The highest BCUT2D eigenvalue weighted by atomic mass is 16.5. The van der Waals surface area contributed by atoms with E-state index in [1.165, 1.54) is 0 Å². The van der Waals surface area contributed by atoms with Crippen molar-refractivity contribution >= 4 is 16.7 Å². The van der Waals surface area contributed by atoms with Gasteiger partial charge in [-0.25, -0.2) is 4.98 Å². The molecule has 0 aliphatic heterocycles. The molecule has 0 bridgehead atoms. The van der Waals surface area contributed by atoms with E-state index >= 15 is 0 Å². The fraction of sp³-hybridized carbons (Fsp3) is 0.143. The molecule has 4 heterocycles. The highest BCUT2D eigenvalue weighted by molar-refractivity contribution is 5.93. The molecule has 0 saturated heterocycles. The SMILES string of the molecule is COc1ccc(-c2c3c(=O)n(Cc4ccco4)ccc3nc3nc(C)nn23)cc1. The van der Waals surface area contributed by atoms with Crippen molar-refractivity contribution in [1.29, 1.82) is 0 Å². The highest BCUT2D eigenvalue weighted by Crippen LogP contribution is 2.27. The normalized spacial score (nSPS) is 11.4. The molecule has 0 saturated carbocycles. The van der Waals surface area contributed by atoms with Crippen molar-refractivity contribution in [3.05, 3.63) is 76.9 Å². The number of ether oxygens (including phenoxy) is 1. The third-order valence-corrected chi connectivity index (χ3v) is 4.78. The topological polar surface area (TPSA) is 87.5 Å². The molecule has 0 atom stereocenters. The van der Waals surface area contributed by atoms with Gasteiger partial charge in [0.25, 0.3) is 11.3 Å². The minimum absolute atomic E-state index is 0.174. The zero-order valence-corrected chi connectivity index (χ0v) is 15.9. The zero-order valence-electron chi connectivity index (χ0n) is 15.9. The number of hydrogen-bond acceptors (Lipinski definition) is 6. The van der Waals surface area contributed by atoms with Crippen molar-refractivity contribution < 1.29 is 9.15 Å². The first-order valence-electron chi connectivity index (χ1n) is 9.07. The lowest BCUT2D eigenvalue weighted by Gasteiger charge is -2.11. The number of aryl methyl sites for hydroxylation is 1. The van der Waals surface area contributed by atoms with E-state index in [4.69, 9.17) is 9.15 Å². The standard InChI is InChI=1S/C21H17N5O3/c1-13-22-21-23-17-9-10-25(12-16-4-3-11-29-16)20(27)18(17)19(26(21)24-13)14-5-7-15(28-2)8-6-14/h3-11H,12H2,1-2H3. The van der Waals surface area contributed by atoms with Gasteiger partial charge in [-0.15, -0.1) is 5.10 Å². The summed E-state index contributed by atoms with van der Waals surface area (Å²) in [4.78, 5) is 22.4. The number of rotatable bonds is 4. The molecule has 0 aliphatic carbocycles. The predicted octanol–water partition coefficient (Wildman–Crippen LogP) is 3.06. The molecule has 8 heteroatoms. The zero-order chi connectivity index (χ0) is 20.0. The predicted molar refractivity (Wildman–Crippen MR) is 107 cm³/mol. The van der Waals surface area contributed by atoms with Crippen LogP contribution in [0.3, 0.4) is 0 Å². The lowest BCUT2D eigenvalue weighted by molar-refractivity contribution is 0.415. The Hall–Kier alpha value is -3.94. The second-order valence-electron chi connectivity index (χ2n) is 6.65. The molecule has 0 amide bonds. The maximum Gasteiger partial charge on any atom is 0.262 e. The Kier molecular flexibility index (Phi) is 3.90. The number of hydrogen-bond donors (Lipinski definition) is 0. The Bertz CT molecular complexity index is 1380. The van der Waals surface area contributed by atoms with E-state index in [9.17, 15) is 4.79 Å². The third kappa shape index (κ3) is 2.85. The van der Waals surface area contributed by atoms with Gasteiger partial charge in [0, 0.05) is 11.8 Å². The van der Waals surface area contributed by atoms with Crippen LogP contribution in [0.5, 0.6) is 5.75 Å². The number of pyridine rings is 1. The maximum atomic E-state index is 13.4. The lowest BCUT2D eigenvalue weighted by Crippen LogP contribution is -2.21. The van der Waals surface area contributed by atoms with Crippen LogP contribution in [-0.2, 0) is 6.54 Å². The number of benzene rings is 1. The molecule has 5 rings (SSSR count). The average molecular weight is 387 g/mol. The van der Waals surface area contributed by atoms with E-state index in [2.05, 4.69) is 15.1 Å². The van der Waals surface area contributed by atoms with Crippen molar-refractivity contribution in [3.63, 3.8) is 0 Å². The number of furan rings is 1. The molecule has 0 N–H and O–H groups in total. The van der Waals surface area contributed by atoms with Crippen LogP contribution in [0.1, 0.15) is 11.6 Å². The summed E-state index contributed by atoms with van der Waals surface area (Å²) in [6.45, 7) is 2.13. The molecular weight excluding hydrogens is 370 g/mol. The van der Waals surface area contributed by atoms with E-state index in [-0.39, 0.29) is 5.56 Å². The van der Waals surface area contributed by atoms with Gasteiger partial charge in [0.05, 0.1) is 36.5 Å². The number of aromatic nitrogens is 5. The summed E-state index contributed by atoms with van der Waals surface area (Å²) in [5, 5.41) is 4.95. The number of methoxy groups -OCH3 is 1. The molecule has 5 aromatic rings. The van der Waals surface area contributed by atoms with Crippen molar-refractivity contribution in [2.24, 2.45) is 0 Å². The highest BCUT2D eigenvalue weighted by Gasteiger charge is 2.18. The van der Waals surface area contributed by atoms with Gasteiger partial charge < -0.3 is 13.7 Å². The molecule has 0 aliphatic rings. The summed E-state index contributed by atoms with van der Waals surface area (Å²) in [7, 11) is 1.61. The van der Waals surface area contributed by atoms with Crippen LogP contribution in [0.25, 0.3) is 27.9 Å². The van der Waals surface area contributed by atoms with Gasteiger partial charge >= 0.3 is 0 Å². The van der Waals surface area contributed by atoms with Gasteiger partial charge in [-0.05, 0) is 49.4 Å². The molecule has 29 heavy (non-hydrogen) atoms. The Morgan fingerprint density at radius 2 is 1.93 bits per heavy atom. The van der Waals surface area contributed by atoms with Gasteiger partial charge in [0.1, 0.15) is 17.3 Å². The molecule has 4 aromatic heterocycles. The van der Waals surface area contributed by atoms with Gasteiger partial charge in [0.15, 0.2) is 0 Å². The fourth-order valence-electron chi connectivity index (χ4n) is 3.43. The summed E-state index contributed by atoms with van der Waals surface area (Å²) >= 11 is 0. The van der Waals surface area contributed by atoms with Crippen LogP contribution in [0.4, 0.5) is 0 Å². The lowest BCUT2D eigenvalue weighted by atomic mass is 10.1. The monoisotopic (exact) mass is 387 g/mol. The summed E-state index contributed by atoms with van der Waals surface area (Å²) in [6.07, 6.45) is 3.31. The molecule has 8 nitrogen and oxygen atoms in total. The van der Waals surface area contributed by atoms with Gasteiger partial charge in [-0.2, -0.15) is 9.50 Å². The first-order chi connectivity index (χ1) is 14.1. The summed E-state index contributed by atoms with van der Waals surface area (Å²) in [5.41, 5.74) is 1.86. The Balaban J connectivity index is 1.83. The van der Waals surface area contributed by atoms with E-state index in [0.717, 1.165) is 11.3 Å². The van der Waals surface area contributed by atoms with Gasteiger partial charge in [-0.3, -0.25) is 4.79 Å². The van der Waals surface area contributed by atoms with Crippen LogP contribution in [0, 0.1) is 6.92 Å². The summed E-state index contributed by atoms with van der Waals surface area (Å²) in [5.74, 6) is 2.46. The Morgan fingerprint density at radius 1 is 1.10 bits per heavy atom. The smallest absolute Gasteiger partial charge is 0.262 e. The van der Waals surface area contributed by atoms with Crippen LogP contribution in [0.2, 0.25) is 0 Å².